The van der Waals surface area contributed by atoms with Gasteiger partial charge in [-0.1, -0.05) is 64.5 Å². The standard InChI is InChI=1S/C23H24BrNO3.ClH/c1-26-21-11-7-6-10-18(21)14-25-15-19-12-20(24)13-22(27-2)23(19)28-16-17-8-4-3-5-9-17;/h3-13,25H,14-16H2,1-2H3;1H. The van der Waals surface area contributed by atoms with Crippen LogP contribution in [-0.2, 0) is 19.7 Å². The molecule has 1 N–H and O–H groups in total. The highest BCUT2D eigenvalue weighted by atomic mass is 79.9. The van der Waals surface area contributed by atoms with E-state index in [2.05, 4.69) is 33.4 Å². The van der Waals surface area contributed by atoms with E-state index >= 15 is 0 Å². The molecule has 0 saturated carbocycles. The molecule has 3 rings (SSSR count). The molecule has 6 heteroatoms. The van der Waals surface area contributed by atoms with E-state index in [9.17, 15) is 0 Å². The summed E-state index contributed by atoms with van der Waals surface area (Å²) < 4.78 is 18.1. The van der Waals surface area contributed by atoms with E-state index in [0.29, 0.717) is 25.4 Å². The molecule has 29 heavy (non-hydrogen) atoms. The maximum absolute atomic E-state index is 6.14. The normalized spacial score (nSPS) is 10.2. The van der Waals surface area contributed by atoms with Crippen molar-refractivity contribution in [2.45, 2.75) is 19.7 Å². The monoisotopic (exact) mass is 477 g/mol. The van der Waals surface area contributed by atoms with Gasteiger partial charge in [0, 0.05) is 28.7 Å². The Kier molecular flexibility index (Phi) is 9.32. The third-order valence-corrected chi connectivity index (χ3v) is 4.82. The van der Waals surface area contributed by atoms with Crippen molar-refractivity contribution in [1.82, 2.24) is 5.32 Å². The Labute approximate surface area is 186 Å². The van der Waals surface area contributed by atoms with E-state index < -0.39 is 0 Å². The highest BCUT2D eigenvalue weighted by molar-refractivity contribution is 9.10. The van der Waals surface area contributed by atoms with Gasteiger partial charge >= 0.3 is 0 Å². The second-order valence-electron chi connectivity index (χ2n) is 6.29. The first-order chi connectivity index (χ1) is 13.7. The van der Waals surface area contributed by atoms with Gasteiger partial charge in [0.15, 0.2) is 11.5 Å². The van der Waals surface area contributed by atoms with Crippen LogP contribution in [0, 0.1) is 0 Å². The third kappa shape index (κ3) is 6.39. The zero-order valence-corrected chi connectivity index (χ0v) is 18.9. The predicted molar refractivity (Wildman–Crippen MR) is 122 cm³/mol. The highest BCUT2D eigenvalue weighted by Gasteiger charge is 2.13. The van der Waals surface area contributed by atoms with Crippen molar-refractivity contribution in [3.05, 3.63) is 87.9 Å². The first kappa shape index (κ1) is 23.1. The molecule has 4 nitrogen and oxygen atoms in total. The van der Waals surface area contributed by atoms with Gasteiger partial charge in [-0.15, -0.1) is 12.4 Å². The molecule has 3 aromatic carbocycles. The van der Waals surface area contributed by atoms with Crippen LogP contribution in [0.15, 0.2) is 71.2 Å². The van der Waals surface area contributed by atoms with Crippen LogP contribution in [0.4, 0.5) is 0 Å². The molecular weight excluding hydrogens is 454 g/mol. The van der Waals surface area contributed by atoms with Crippen LogP contribution in [0.25, 0.3) is 0 Å². The number of nitrogens with one attached hydrogen (secondary N) is 1. The molecule has 0 fully saturated rings. The number of hydrogen-bond acceptors (Lipinski definition) is 4. The number of ether oxygens (including phenoxy) is 3. The summed E-state index contributed by atoms with van der Waals surface area (Å²) in [4.78, 5) is 0. The minimum Gasteiger partial charge on any atom is -0.496 e. The lowest BCUT2D eigenvalue weighted by Crippen LogP contribution is -2.14. The third-order valence-electron chi connectivity index (χ3n) is 4.37. The summed E-state index contributed by atoms with van der Waals surface area (Å²) >= 11 is 3.56. The molecule has 154 valence electrons. The van der Waals surface area contributed by atoms with Crippen LogP contribution in [-0.4, -0.2) is 14.2 Å². The number of para-hydroxylation sites is 1. The van der Waals surface area contributed by atoms with Gasteiger partial charge in [0.05, 0.1) is 14.2 Å². The molecular formula is C23H25BrClNO3. The summed E-state index contributed by atoms with van der Waals surface area (Å²) in [6.07, 6.45) is 0. The van der Waals surface area contributed by atoms with E-state index in [0.717, 1.165) is 32.7 Å². The number of halogens is 2. The summed E-state index contributed by atoms with van der Waals surface area (Å²) in [5.74, 6) is 2.34. The molecule has 3 aromatic rings. The number of hydrogen-bond donors (Lipinski definition) is 1. The second kappa shape index (κ2) is 11.7. The van der Waals surface area contributed by atoms with Crippen LogP contribution in [0.5, 0.6) is 17.2 Å². The Morgan fingerprint density at radius 1 is 0.793 bits per heavy atom. The Balaban J connectivity index is 0.00000300. The van der Waals surface area contributed by atoms with Crippen LogP contribution in [0.2, 0.25) is 0 Å². The van der Waals surface area contributed by atoms with Crippen LogP contribution >= 0.6 is 28.3 Å². The van der Waals surface area contributed by atoms with Gasteiger partial charge in [-0.05, 0) is 23.8 Å². The maximum Gasteiger partial charge on any atom is 0.166 e. The molecule has 0 aliphatic heterocycles. The number of methoxy groups -OCH3 is 2. The molecule has 0 amide bonds. The van der Waals surface area contributed by atoms with E-state index in [-0.39, 0.29) is 12.4 Å². The molecule has 0 atom stereocenters. The molecule has 0 bridgehead atoms. The zero-order chi connectivity index (χ0) is 19.8. The summed E-state index contributed by atoms with van der Waals surface area (Å²) in [5, 5.41) is 3.47. The molecule has 0 saturated heterocycles. The molecule has 0 heterocycles. The molecule has 0 radical (unpaired) electrons. The van der Waals surface area contributed by atoms with Gasteiger partial charge in [0.2, 0.25) is 0 Å². The zero-order valence-electron chi connectivity index (χ0n) is 16.5. The largest absolute Gasteiger partial charge is 0.496 e. The maximum atomic E-state index is 6.14. The fourth-order valence-corrected chi connectivity index (χ4v) is 3.46. The SMILES string of the molecule is COc1ccccc1CNCc1cc(Br)cc(OC)c1OCc1ccccc1.Cl. The molecule has 0 aliphatic carbocycles. The Morgan fingerprint density at radius 3 is 2.17 bits per heavy atom. The van der Waals surface area contributed by atoms with Crippen LogP contribution in [0.3, 0.4) is 0 Å². The van der Waals surface area contributed by atoms with Crippen molar-refractivity contribution in [1.29, 1.82) is 0 Å². The lowest BCUT2D eigenvalue weighted by molar-refractivity contribution is 0.280. The van der Waals surface area contributed by atoms with E-state index in [1.54, 1.807) is 14.2 Å². The molecule has 0 unspecified atom stereocenters. The summed E-state index contributed by atoms with van der Waals surface area (Å²) in [5.41, 5.74) is 3.25. The van der Waals surface area contributed by atoms with E-state index in [1.807, 2.05) is 54.6 Å². The average molecular weight is 479 g/mol. The molecule has 0 aromatic heterocycles. The smallest absolute Gasteiger partial charge is 0.166 e. The second-order valence-corrected chi connectivity index (χ2v) is 7.20. The van der Waals surface area contributed by atoms with Crippen molar-refractivity contribution in [2.24, 2.45) is 0 Å². The van der Waals surface area contributed by atoms with E-state index in [4.69, 9.17) is 14.2 Å². The lowest BCUT2D eigenvalue weighted by atomic mass is 10.1. The quantitative estimate of drug-likeness (QED) is 0.425. The van der Waals surface area contributed by atoms with Gasteiger partial charge in [-0.2, -0.15) is 0 Å². The number of benzene rings is 3. The van der Waals surface area contributed by atoms with Crippen molar-refractivity contribution in [2.75, 3.05) is 14.2 Å². The van der Waals surface area contributed by atoms with Gasteiger partial charge in [0.25, 0.3) is 0 Å². The fraction of sp³-hybridized carbons (Fsp3) is 0.217. The summed E-state index contributed by atoms with van der Waals surface area (Å²) in [6.45, 7) is 1.81. The van der Waals surface area contributed by atoms with Crippen molar-refractivity contribution in [3.63, 3.8) is 0 Å². The van der Waals surface area contributed by atoms with Gasteiger partial charge in [0.1, 0.15) is 12.4 Å². The van der Waals surface area contributed by atoms with Gasteiger partial charge < -0.3 is 19.5 Å². The predicted octanol–water partition coefficient (Wildman–Crippen LogP) is 5.76. The summed E-state index contributed by atoms with van der Waals surface area (Å²) in [6, 6.07) is 22.1. The first-order valence-electron chi connectivity index (χ1n) is 9.07. The van der Waals surface area contributed by atoms with Gasteiger partial charge in [-0.3, -0.25) is 0 Å². The molecule has 0 aliphatic rings. The molecule has 0 spiro atoms. The Morgan fingerprint density at radius 2 is 1.45 bits per heavy atom. The minimum atomic E-state index is 0. The Hall–Kier alpha value is -2.21. The first-order valence-corrected chi connectivity index (χ1v) is 9.86. The van der Waals surface area contributed by atoms with Crippen molar-refractivity contribution < 1.29 is 14.2 Å². The fourth-order valence-electron chi connectivity index (χ4n) is 2.98. The average Bonchev–Trinajstić information content (AvgIpc) is 2.73. The van der Waals surface area contributed by atoms with Crippen LogP contribution < -0.4 is 19.5 Å². The summed E-state index contributed by atoms with van der Waals surface area (Å²) in [7, 11) is 3.34. The Bertz CT molecular complexity index is 906. The number of rotatable bonds is 9. The minimum absolute atomic E-state index is 0. The van der Waals surface area contributed by atoms with Gasteiger partial charge in [-0.25, -0.2) is 0 Å². The van der Waals surface area contributed by atoms with E-state index in [1.165, 1.54) is 0 Å². The van der Waals surface area contributed by atoms with Crippen molar-refractivity contribution in [3.8, 4) is 17.2 Å². The highest BCUT2D eigenvalue weighted by Crippen LogP contribution is 2.35. The van der Waals surface area contributed by atoms with Crippen LogP contribution in [0.1, 0.15) is 16.7 Å². The topological polar surface area (TPSA) is 39.7 Å². The lowest BCUT2D eigenvalue weighted by Gasteiger charge is -2.17. The van der Waals surface area contributed by atoms with Crippen molar-refractivity contribution >= 4 is 28.3 Å².